The van der Waals surface area contributed by atoms with E-state index in [2.05, 4.69) is 5.32 Å². The zero-order valence-corrected chi connectivity index (χ0v) is 10.7. The monoisotopic (exact) mass is 308 g/mol. The number of rotatable bonds is 5. The van der Waals surface area contributed by atoms with Crippen LogP contribution < -0.4 is 5.32 Å². The molecular formula is C12H12F4N2O3. The largest absolute Gasteiger partial charge is 0.480 e. The Morgan fingerprint density at radius 1 is 1.29 bits per heavy atom. The average molecular weight is 308 g/mol. The van der Waals surface area contributed by atoms with E-state index < -0.39 is 37.1 Å². The highest BCUT2D eigenvalue weighted by Gasteiger charge is 2.33. The van der Waals surface area contributed by atoms with Gasteiger partial charge in [-0.2, -0.15) is 13.2 Å². The molecule has 0 unspecified atom stereocenters. The lowest BCUT2D eigenvalue weighted by Gasteiger charge is -2.22. The number of nitrogens with zero attached hydrogens (tertiary/aromatic N) is 1. The van der Waals surface area contributed by atoms with Crippen molar-refractivity contribution in [2.45, 2.75) is 12.7 Å². The van der Waals surface area contributed by atoms with Crippen molar-refractivity contribution in [3.05, 3.63) is 35.6 Å². The van der Waals surface area contributed by atoms with Crippen LogP contribution in [-0.2, 0) is 11.3 Å². The summed E-state index contributed by atoms with van der Waals surface area (Å²) in [7, 11) is 0. The molecule has 0 aliphatic heterocycles. The highest BCUT2D eigenvalue weighted by atomic mass is 19.4. The number of amides is 2. The van der Waals surface area contributed by atoms with E-state index in [1.165, 1.54) is 18.2 Å². The molecule has 9 heteroatoms. The van der Waals surface area contributed by atoms with Crippen molar-refractivity contribution in [3.8, 4) is 0 Å². The fraction of sp³-hybridized carbons (Fsp3) is 0.333. The highest BCUT2D eigenvalue weighted by molar-refractivity contribution is 5.80. The fourth-order valence-electron chi connectivity index (χ4n) is 1.52. The standard InChI is InChI=1S/C12H12F4N2O3/c13-9-3-1-2-8(4-9)5-17-11(21)18(6-10(19)20)7-12(14,15)16/h1-4H,5-7H2,(H,17,21)(H,19,20). The molecular weight excluding hydrogens is 296 g/mol. The topological polar surface area (TPSA) is 69.6 Å². The lowest BCUT2D eigenvalue weighted by Crippen LogP contribution is -2.46. The molecule has 0 atom stereocenters. The molecule has 1 aromatic carbocycles. The molecule has 0 aliphatic rings. The molecule has 116 valence electrons. The predicted octanol–water partition coefficient (Wildman–Crippen LogP) is 1.98. The number of urea groups is 1. The minimum Gasteiger partial charge on any atom is -0.480 e. The normalized spacial score (nSPS) is 11.0. The second-order valence-corrected chi connectivity index (χ2v) is 4.15. The molecule has 1 rings (SSSR count). The molecule has 0 saturated heterocycles. The molecule has 21 heavy (non-hydrogen) atoms. The number of carboxylic acids is 1. The van der Waals surface area contributed by atoms with Crippen LogP contribution in [0.5, 0.6) is 0 Å². The van der Waals surface area contributed by atoms with Gasteiger partial charge in [0, 0.05) is 6.54 Å². The van der Waals surface area contributed by atoms with E-state index in [1.807, 2.05) is 0 Å². The van der Waals surface area contributed by atoms with E-state index in [-0.39, 0.29) is 11.4 Å². The number of carboxylic acid groups (broad SMARTS) is 1. The number of hydrogen-bond donors (Lipinski definition) is 2. The molecule has 0 radical (unpaired) electrons. The Morgan fingerprint density at radius 3 is 2.48 bits per heavy atom. The highest BCUT2D eigenvalue weighted by Crippen LogP contribution is 2.16. The third-order valence-electron chi connectivity index (χ3n) is 2.32. The number of aliphatic carboxylic acids is 1. The Hall–Kier alpha value is -2.32. The quantitative estimate of drug-likeness (QED) is 0.817. The Bertz CT molecular complexity index is 519. The van der Waals surface area contributed by atoms with Gasteiger partial charge in [-0.3, -0.25) is 4.79 Å². The van der Waals surface area contributed by atoms with E-state index in [9.17, 15) is 27.2 Å². The molecule has 2 amide bonds. The molecule has 0 spiro atoms. The van der Waals surface area contributed by atoms with Gasteiger partial charge in [-0.1, -0.05) is 12.1 Å². The summed E-state index contributed by atoms with van der Waals surface area (Å²) in [6.07, 6.45) is -4.72. The van der Waals surface area contributed by atoms with E-state index >= 15 is 0 Å². The van der Waals surface area contributed by atoms with Gasteiger partial charge in [0.1, 0.15) is 18.9 Å². The van der Waals surface area contributed by atoms with Crippen LogP contribution in [0.2, 0.25) is 0 Å². The minimum absolute atomic E-state index is 0.113. The molecule has 0 saturated carbocycles. The van der Waals surface area contributed by atoms with Crippen LogP contribution in [0.3, 0.4) is 0 Å². The molecule has 2 N–H and O–H groups in total. The second kappa shape index (κ2) is 6.91. The van der Waals surface area contributed by atoms with Gasteiger partial charge in [0.2, 0.25) is 0 Å². The molecule has 0 bridgehead atoms. The third-order valence-corrected chi connectivity index (χ3v) is 2.32. The van der Waals surface area contributed by atoms with Gasteiger partial charge in [0.25, 0.3) is 0 Å². The van der Waals surface area contributed by atoms with Gasteiger partial charge >= 0.3 is 18.2 Å². The maximum absolute atomic E-state index is 12.9. The van der Waals surface area contributed by atoms with Crippen LogP contribution >= 0.6 is 0 Å². The number of nitrogens with one attached hydrogen (secondary N) is 1. The van der Waals surface area contributed by atoms with Crippen molar-refractivity contribution >= 4 is 12.0 Å². The van der Waals surface area contributed by atoms with Crippen LogP contribution in [0.25, 0.3) is 0 Å². The number of halogens is 4. The second-order valence-electron chi connectivity index (χ2n) is 4.15. The Morgan fingerprint density at radius 2 is 1.95 bits per heavy atom. The zero-order chi connectivity index (χ0) is 16.0. The van der Waals surface area contributed by atoms with Crippen molar-refractivity contribution in [1.82, 2.24) is 10.2 Å². The molecule has 0 fully saturated rings. The fourth-order valence-corrected chi connectivity index (χ4v) is 1.52. The molecule has 0 aliphatic carbocycles. The van der Waals surface area contributed by atoms with Crippen molar-refractivity contribution < 1.29 is 32.3 Å². The summed E-state index contributed by atoms with van der Waals surface area (Å²) < 4.78 is 49.7. The van der Waals surface area contributed by atoms with Gasteiger partial charge in [-0.25, -0.2) is 9.18 Å². The maximum atomic E-state index is 12.9. The van der Waals surface area contributed by atoms with E-state index in [4.69, 9.17) is 5.11 Å². The van der Waals surface area contributed by atoms with Crippen LogP contribution in [0, 0.1) is 5.82 Å². The van der Waals surface area contributed by atoms with E-state index in [0.717, 1.165) is 6.07 Å². The number of carbonyl (C=O) groups excluding carboxylic acids is 1. The summed E-state index contributed by atoms with van der Waals surface area (Å²) in [6.45, 7) is -2.99. The number of alkyl halides is 3. The zero-order valence-electron chi connectivity index (χ0n) is 10.7. The summed E-state index contributed by atoms with van der Waals surface area (Å²) in [4.78, 5) is 22.2. The van der Waals surface area contributed by atoms with Crippen LogP contribution in [0.1, 0.15) is 5.56 Å². The average Bonchev–Trinajstić information content (AvgIpc) is 2.33. The first-order valence-electron chi connectivity index (χ1n) is 5.73. The number of hydrogen-bond acceptors (Lipinski definition) is 2. The maximum Gasteiger partial charge on any atom is 0.406 e. The summed E-state index contributed by atoms with van der Waals surface area (Å²) in [5.41, 5.74) is 0.339. The number of benzene rings is 1. The lowest BCUT2D eigenvalue weighted by molar-refractivity contribution is -0.148. The van der Waals surface area contributed by atoms with E-state index in [0.29, 0.717) is 5.56 Å². The first-order chi connectivity index (χ1) is 9.67. The van der Waals surface area contributed by atoms with Gasteiger partial charge in [0.15, 0.2) is 0 Å². The summed E-state index contributed by atoms with van der Waals surface area (Å²) >= 11 is 0. The molecule has 5 nitrogen and oxygen atoms in total. The lowest BCUT2D eigenvalue weighted by atomic mass is 10.2. The summed E-state index contributed by atoms with van der Waals surface area (Å²) in [5, 5.41) is 10.6. The van der Waals surface area contributed by atoms with E-state index in [1.54, 1.807) is 0 Å². The number of carbonyl (C=O) groups is 2. The smallest absolute Gasteiger partial charge is 0.406 e. The Balaban J connectivity index is 2.65. The van der Waals surface area contributed by atoms with Crippen molar-refractivity contribution in [2.24, 2.45) is 0 Å². The summed E-state index contributed by atoms with van der Waals surface area (Å²) in [5.74, 6) is -2.13. The summed E-state index contributed by atoms with van der Waals surface area (Å²) in [6, 6.07) is 3.92. The Kier molecular flexibility index (Phi) is 5.51. The molecule has 0 aromatic heterocycles. The van der Waals surface area contributed by atoms with Crippen molar-refractivity contribution in [2.75, 3.05) is 13.1 Å². The SMILES string of the molecule is O=C(O)CN(CC(F)(F)F)C(=O)NCc1cccc(F)c1. The van der Waals surface area contributed by atoms with Gasteiger partial charge in [-0.05, 0) is 17.7 Å². The minimum atomic E-state index is -4.72. The third kappa shape index (κ3) is 6.59. The van der Waals surface area contributed by atoms with Crippen LogP contribution in [0.4, 0.5) is 22.4 Å². The van der Waals surface area contributed by atoms with Crippen molar-refractivity contribution in [3.63, 3.8) is 0 Å². The van der Waals surface area contributed by atoms with Crippen LogP contribution in [-0.4, -0.2) is 41.3 Å². The molecule has 0 heterocycles. The first-order valence-corrected chi connectivity index (χ1v) is 5.73. The van der Waals surface area contributed by atoms with Crippen LogP contribution in [0.15, 0.2) is 24.3 Å². The predicted molar refractivity (Wildman–Crippen MR) is 63.9 cm³/mol. The van der Waals surface area contributed by atoms with Gasteiger partial charge in [0.05, 0.1) is 0 Å². The molecule has 1 aromatic rings. The van der Waals surface area contributed by atoms with Crippen molar-refractivity contribution in [1.29, 1.82) is 0 Å². The first kappa shape index (κ1) is 16.7. The van der Waals surface area contributed by atoms with Gasteiger partial charge < -0.3 is 15.3 Å². The van der Waals surface area contributed by atoms with Gasteiger partial charge in [-0.15, -0.1) is 0 Å². The Labute approximate surface area is 117 Å².